The number of carbonyl (C=O) groups is 4. The molecular formula is C20H25NO5. The van der Waals surface area contributed by atoms with Crippen LogP contribution in [0.2, 0.25) is 0 Å². The Bertz CT molecular complexity index is 702. The summed E-state index contributed by atoms with van der Waals surface area (Å²) in [5.41, 5.74) is 0.409. The van der Waals surface area contributed by atoms with Crippen molar-refractivity contribution < 1.29 is 24.0 Å². The maximum Gasteiger partial charge on any atom is 0.336 e. The Hall–Kier alpha value is -2.50. The van der Waals surface area contributed by atoms with Gasteiger partial charge in [-0.15, -0.1) is 0 Å². The van der Waals surface area contributed by atoms with E-state index in [0.717, 1.165) is 0 Å². The number of Topliss-reactive ketones (excluding diaryl/α,β-unsaturated/α-hetero) is 1. The molecule has 0 spiro atoms. The first-order valence-electron chi connectivity index (χ1n) is 8.87. The summed E-state index contributed by atoms with van der Waals surface area (Å²) in [6, 6.07) is 6.30. The predicted octanol–water partition coefficient (Wildman–Crippen LogP) is 3.26. The summed E-state index contributed by atoms with van der Waals surface area (Å²) in [4.78, 5) is 54.7. The Morgan fingerprint density at radius 2 is 1.42 bits per heavy atom. The maximum absolute atomic E-state index is 12.6. The zero-order valence-electron chi connectivity index (χ0n) is 15.8. The van der Waals surface area contributed by atoms with Crippen LogP contribution >= 0.6 is 0 Å². The van der Waals surface area contributed by atoms with E-state index >= 15 is 0 Å². The molecule has 140 valence electrons. The van der Waals surface area contributed by atoms with Crippen molar-refractivity contribution in [1.29, 1.82) is 0 Å². The molecule has 2 amide bonds. The second-order valence-corrected chi connectivity index (χ2v) is 7.41. The molecule has 0 radical (unpaired) electrons. The Labute approximate surface area is 153 Å². The number of carbonyl (C=O) groups excluding carboxylic acids is 4. The minimum absolute atomic E-state index is 0.0268. The molecule has 0 fully saturated rings. The molecule has 0 saturated carbocycles. The Balaban J connectivity index is 2.13. The van der Waals surface area contributed by atoms with Gasteiger partial charge in [0.1, 0.15) is 5.78 Å². The average molecular weight is 359 g/mol. The number of fused-ring (bicyclic) bond motifs is 1. The van der Waals surface area contributed by atoms with Crippen LogP contribution < -0.4 is 0 Å². The number of ketones is 1. The number of rotatable bonds is 7. The number of hydrogen-bond donors (Lipinski definition) is 0. The number of benzene rings is 1. The fraction of sp³-hybridized carbons (Fsp3) is 0.500. The van der Waals surface area contributed by atoms with Gasteiger partial charge in [0.25, 0.3) is 11.8 Å². The van der Waals surface area contributed by atoms with E-state index < -0.39 is 23.7 Å². The minimum atomic E-state index is -0.737. The highest BCUT2D eigenvalue weighted by Crippen LogP contribution is 2.26. The van der Waals surface area contributed by atoms with Gasteiger partial charge in [0.15, 0.2) is 0 Å². The molecule has 2 atom stereocenters. The summed E-state index contributed by atoms with van der Waals surface area (Å²) >= 11 is 0. The maximum atomic E-state index is 12.6. The fourth-order valence-electron chi connectivity index (χ4n) is 2.77. The van der Waals surface area contributed by atoms with Crippen LogP contribution in [0, 0.1) is 23.7 Å². The largest absolute Gasteiger partial charge is 0.336 e. The van der Waals surface area contributed by atoms with Crippen molar-refractivity contribution in [2.75, 3.05) is 0 Å². The predicted molar refractivity (Wildman–Crippen MR) is 95.0 cm³/mol. The summed E-state index contributed by atoms with van der Waals surface area (Å²) < 4.78 is 0. The molecule has 1 aliphatic rings. The van der Waals surface area contributed by atoms with Crippen molar-refractivity contribution in [3.8, 4) is 0 Å². The highest BCUT2D eigenvalue weighted by atomic mass is 16.7. The third-order valence-corrected chi connectivity index (χ3v) is 4.97. The molecule has 1 aliphatic heterocycles. The normalized spacial score (nSPS) is 16.0. The molecule has 2 rings (SSSR count). The zero-order chi connectivity index (χ0) is 19.6. The van der Waals surface area contributed by atoms with Gasteiger partial charge < -0.3 is 4.84 Å². The second-order valence-electron chi connectivity index (χ2n) is 7.41. The van der Waals surface area contributed by atoms with E-state index in [0.29, 0.717) is 5.06 Å². The summed E-state index contributed by atoms with van der Waals surface area (Å²) in [5, 5.41) is 0.499. The van der Waals surface area contributed by atoms with Gasteiger partial charge in [0.05, 0.1) is 17.0 Å². The second kappa shape index (κ2) is 7.81. The molecule has 26 heavy (non-hydrogen) atoms. The SMILES string of the molecule is CC(C)[C@H](C)C(=O)C[C@@H](C(=O)ON1C(=O)c2ccccc2C1=O)C(C)C. The quantitative estimate of drug-likeness (QED) is 0.698. The lowest BCUT2D eigenvalue weighted by atomic mass is 9.84. The topological polar surface area (TPSA) is 80.8 Å². The highest BCUT2D eigenvalue weighted by molar-refractivity contribution is 6.20. The van der Waals surface area contributed by atoms with Crippen molar-refractivity contribution in [2.24, 2.45) is 23.7 Å². The summed E-state index contributed by atoms with van der Waals surface area (Å²) in [5.74, 6) is -2.98. The van der Waals surface area contributed by atoms with Gasteiger partial charge in [-0.25, -0.2) is 4.79 Å². The van der Waals surface area contributed by atoms with Crippen molar-refractivity contribution in [1.82, 2.24) is 5.06 Å². The number of imide groups is 1. The lowest BCUT2D eigenvalue weighted by molar-refractivity contribution is -0.176. The first-order chi connectivity index (χ1) is 12.1. The van der Waals surface area contributed by atoms with Gasteiger partial charge in [-0.05, 0) is 24.0 Å². The molecular weight excluding hydrogens is 334 g/mol. The van der Waals surface area contributed by atoms with Crippen LogP contribution in [0.5, 0.6) is 0 Å². The van der Waals surface area contributed by atoms with Crippen molar-refractivity contribution in [3.05, 3.63) is 35.4 Å². The van der Waals surface area contributed by atoms with Gasteiger partial charge in [-0.1, -0.05) is 51.8 Å². The average Bonchev–Trinajstić information content (AvgIpc) is 2.83. The van der Waals surface area contributed by atoms with Crippen molar-refractivity contribution in [3.63, 3.8) is 0 Å². The third kappa shape index (κ3) is 3.84. The first kappa shape index (κ1) is 19.8. The Morgan fingerprint density at radius 1 is 0.923 bits per heavy atom. The number of amides is 2. The third-order valence-electron chi connectivity index (χ3n) is 4.97. The summed E-state index contributed by atoms with van der Waals surface area (Å²) in [6.07, 6.45) is 0.0268. The van der Waals surface area contributed by atoms with Crippen LogP contribution in [-0.2, 0) is 14.4 Å². The molecule has 0 saturated heterocycles. The van der Waals surface area contributed by atoms with Gasteiger partial charge in [0, 0.05) is 12.3 Å². The number of hydrogen-bond acceptors (Lipinski definition) is 5. The number of nitrogens with zero attached hydrogens (tertiary/aromatic N) is 1. The highest BCUT2D eigenvalue weighted by Gasteiger charge is 2.40. The molecule has 0 aliphatic carbocycles. The first-order valence-corrected chi connectivity index (χ1v) is 8.87. The molecule has 6 heteroatoms. The summed E-state index contributed by atoms with van der Waals surface area (Å²) in [7, 11) is 0. The summed E-state index contributed by atoms with van der Waals surface area (Å²) in [6.45, 7) is 9.34. The van der Waals surface area contributed by atoms with Gasteiger partial charge in [-0.3, -0.25) is 14.4 Å². The Morgan fingerprint density at radius 3 is 1.85 bits per heavy atom. The lowest BCUT2D eigenvalue weighted by Gasteiger charge is -2.23. The van der Waals surface area contributed by atoms with Crippen LogP contribution in [0.25, 0.3) is 0 Å². The molecule has 0 unspecified atom stereocenters. The number of hydroxylamine groups is 2. The van der Waals surface area contributed by atoms with Gasteiger partial charge >= 0.3 is 5.97 Å². The van der Waals surface area contributed by atoms with E-state index in [2.05, 4.69) is 0 Å². The van der Waals surface area contributed by atoms with Crippen molar-refractivity contribution >= 4 is 23.6 Å². The van der Waals surface area contributed by atoms with Crippen molar-refractivity contribution in [2.45, 2.75) is 41.0 Å². The van der Waals surface area contributed by atoms with E-state index in [1.165, 1.54) is 12.1 Å². The van der Waals surface area contributed by atoms with Crippen LogP contribution in [0.1, 0.15) is 61.8 Å². The van der Waals surface area contributed by atoms with Crippen LogP contribution in [0.4, 0.5) is 0 Å². The molecule has 1 aromatic carbocycles. The monoisotopic (exact) mass is 359 g/mol. The van der Waals surface area contributed by atoms with Crippen LogP contribution in [0.3, 0.4) is 0 Å². The molecule has 0 aromatic heterocycles. The van der Waals surface area contributed by atoms with E-state index in [1.807, 2.05) is 34.6 Å². The van der Waals surface area contributed by atoms with E-state index in [4.69, 9.17) is 4.84 Å². The van der Waals surface area contributed by atoms with Crippen LogP contribution in [-0.4, -0.2) is 28.6 Å². The van der Waals surface area contributed by atoms with E-state index in [-0.39, 0.29) is 41.1 Å². The molecule has 1 heterocycles. The Kier molecular flexibility index (Phi) is 5.95. The molecule has 0 bridgehead atoms. The zero-order valence-corrected chi connectivity index (χ0v) is 15.8. The minimum Gasteiger partial charge on any atom is -0.329 e. The van der Waals surface area contributed by atoms with Gasteiger partial charge in [0.2, 0.25) is 0 Å². The standard InChI is InChI=1S/C20H25NO5/c1-11(2)13(5)17(22)10-16(12(3)4)20(25)26-21-18(23)14-8-6-7-9-15(14)19(21)24/h6-9,11-13,16H,10H2,1-5H3/t13-,16+/m0/s1. The molecule has 6 nitrogen and oxygen atoms in total. The van der Waals surface area contributed by atoms with Gasteiger partial charge in [-0.2, -0.15) is 0 Å². The molecule has 1 aromatic rings. The molecule has 0 N–H and O–H groups in total. The van der Waals surface area contributed by atoms with E-state index in [1.54, 1.807) is 12.1 Å². The smallest absolute Gasteiger partial charge is 0.329 e. The fourth-order valence-corrected chi connectivity index (χ4v) is 2.77. The van der Waals surface area contributed by atoms with E-state index in [9.17, 15) is 19.2 Å². The lowest BCUT2D eigenvalue weighted by Crippen LogP contribution is -2.37. The van der Waals surface area contributed by atoms with Crippen LogP contribution in [0.15, 0.2) is 24.3 Å².